The Morgan fingerprint density at radius 1 is 1.00 bits per heavy atom. The Bertz CT molecular complexity index is 519. The fourth-order valence-electron chi connectivity index (χ4n) is 2.12. The zero-order chi connectivity index (χ0) is 21.0. The number of aliphatic hydroxyl groups is 1. The molecule has 156 valence electrons. The first-order chi connectivity index (χ1) is 12.7. The molecule has 0 saturated carbocycles. The SMILES string of the molecule is CC(O)C(NC(=O)C(CS)NC(=O)CN)C(=O)NC(CCCCN)C(=O)O. The number of unbranched alkanes of at least 4 members (excludes halogenated alkanes) is 1. The molecule has 9 N–H and O–H groups in total. The number of carboxylic acids is 1. The summed E-state index contributed by atoms with van der Waals surface area (Å²) in [4.78, 5) is 47.2. The summed E-state index contributed by atoms with van der Waals surface area (Å²) >= 11 is 3.96. The van der Waals surface area contributed by atoms with Gasteiger partial charge >= 0.3 is 5.97 Å². The minimum Gasteiger partial charge on any atom is -0.480 e. The van der Waals surface area contributed by atoms with Crippen LogP contribution in [0.5, 0.6) is 0 Å². The van der Waals surface area contributed by atoms with Crippen LogP contribution in [0, 0.1) is 0 Å². The second kappa shape index (κ2) is 13.3. The number of rotatable bonds is 13. The molecule has 12 heteroatoms. The van der Waals surface area contributed by atoms with Crippen molar-refractivity contribution in [1.29, 1.82) is 0 Å². The van der Waals surface area contributed by atoms with Gasteiger partial charge in [-0.2, -0.15) is 12.6 Å². The summed E-state index contributed by atoms with van der Waals surface area (Å²) < 4.78 is 0. The van der Waals surface area contributed by atoms with Crippen LogP contribution in [0.3, 0.4) is 0 Å². The van der Waals surface area contributed by atoms with E-state index in [2.05, 4.69) is 28.6 Å². The molecular formula is C15H29N5O6S. The molecule has 0 bridgehead atoms. The maximum absolute atomic E-state index is 12.4. The van der Waals surface area contributed by atoms with E-state index in [0.29, 0.717) is 19.4 Å². The molecule has 0 aliphatic carbocycles. The highest BCUT2D eigenvalue weighted by atomic mass is 32.1. The molecule has 0 aromatic heterocycles. The number of nitrogens with two attached hydrogens (primary N) is 2. The summed E-state index contributed by atoms with van der Waals surface area (Å²) in [6.45, 7) is 1.33. The van der Waals surface area contributed by atoms with Crippen molar-refractivity contribution in [1.82, 2.24) is 16.0 Å². The number of hydrogen-bond acceptors (Lipinski definition) is 8. The van der Waals surface area contributed by atoms with E-state index in [1.165, 1.54) is 6.92 Å². The van der Waals surface area contributed by atoms with Crippen LogP contribution < -0.4 is 27.4 Å². The minimum atomic E-state index is -1.41. The molecule has 0 aliphatic rings. The van der Waals surface area contributed by atoms with Crippen molar-refractivity contribution in [2.45, 2.75) is 50.4 Å². The van der Waals surface area contributed by atoms with Crippen LogP contribution in [0.15, 0.2) is 0 Å². The van der Waals surface area contributed by atoms with Gasteiger partial charge in [-0.05, 0) is 32.7 Å². The number of aliphatic carboxylic acids is 1. The summed E-state index contributed by atoms with van der Waals surface area (Å²) in [5, 5.41) is 25.9. The summed E-state index contributed by atoms with van der Waals surface area (Å²) in [5.41, 5.74) is 10.5. The fraction of sp³-hybridized carbons (Fsp3) is 0.733. The molecule has 0 radical (unpaired) electrons. The predicted molar refractivity (Wildman–Crippen MR) is 101 cm³/mol. The highest BCUT2D eigenvalue weighted by Crippen LogP contribution is 2.03. The normalized spacial score (nSPS) is 15.1. The first-order valence-corrected chi connectivity index (χ1v) is 9.13. The maximum Gasteiger partial charge on any atom is 0.326 e. The van der Waals surface area contributed by atoms with Gasteiger partial charge < -0.3 is 37.6 Å². The van der Waals surface area contributed by atoms with Gasteiger partial charge in [0.05, 0.1) is 12.6 Å². The van der Waals surface area contributed by atoms with Crippen LogP contribution in [0.4, 0.5) is 0 Å². The topological polar surface area (TPSA) is 197 Å². The van der Waals surface area contributed by atoms with Gasteiger partial charge in [-0.25, -0.2) is 4.79 Å². The molecule has 3 amide bonds. The van der Waals surface area contributed by atoms with Crippen molar-refractivity contribution in [3.8, 4) is 0 Å². The molecule has 4 atom stereocenters. The van der Waals surface area contributed by atoms with Gasteiger partial charge in [0.1, 0.15) is 18.1 Å². The van der Waals surface area contributed by atoms with Gasteiger partial charge in [0.2, 0.25) is 17.7 Å². The van der Waals surface area contributed by atoms with Gasteiger partial charge in [0.15, 0.2) is 0 Å². The third-order valence-corrected chi connectivity index (χ3v) is 4.01. The highest BCUT2D eigenvalue weighted by molar-refractivity contribution is 7.80. The molecule has 4 unspecified atom stereocenters. The number of hydrogen-bond donors (Lipinski definition) is 8. The lowest BCUT2D eigenvalue weighted by Crippen LogP contribution is -2.59. The molecule has 11 nitrogen and oxygen atoms in total. The van der Waals surface area contributed by atoms with Crippen molar-refractivity contribution in [3.05, 3.63) is 0 Å². The van der Waals surface area contributed by atoms with Crippen molar-refractivity contribution in [2.24, 2.45) is 11.5 Å². The van der Waals surface area contributed by atoms with Crippen molar-refractivity contribution in [3.63, 3.8) is 0 Å². The average molecular weight is 407 g/mol. The Morgan fingerprint density at radius 3 is 2.07 bits per heavy atom. The van der Waals surface area contributed by atoms with Gasteiger partial charge in [0, 0.05) is 5.75 Å². The lowest BCUT2D eigenvalue weighted by atomic mass is 10.1. The number of carboxylic acid groups (broad SMARTS) is 1. The van der Waals surface area contributed by atoms with Crippen LogP contribution in [0.25, 0.3) is 0 Å². The van der Waals surface area contributed by atoms with E-state index in [1.54, 1.807) is 0 Å². The van der Waals surface area contributed by atoms with Crippen LogP contribution in [0.1, 0.15) is 26.2 Å². The largest absolute Gasteiger partial charge is 0.480 e. The number of carbonyl (C=O) groups is 4. The predicted octanol–water partition coefficient (Wildman–Crippen LogP) is -3.08. The first-order valence-electron chi connectivity index (χ1n) is 8.49. The van der Waals surface area contributed by atoms with Crippen molar-refractivity contribution in [2.75, 3.05) is 18.8 Å². The molecule has 27 heavy (non-hydrogen) atoms. The zero-order valence-electron chi connectivity index (χ0n) is 15.2. The Balaban J connectivity index is 5.02. The lowest BCUT2D eigenvalue weighted by molar-refractivity contribution is -0.143. The summed E-state index contributed by atoms with van der Waals surface area (Å²) in [6.07, 6.45) is -0.0596. The van der Waals surface area contributed by atoms with Crippen molar-refractivity contribution >= 4 is 36.3 Å². The quantitative estimate of drug-likeness (QED) is 0.116. The molecule has 0 spiro atoms. The van der Waals surface area contributed by atoms with E-state index in [1.807, 2.05) is 0 Å². The molecule has 0 saturated heterocycles. The zero-order valence-corrected chi connectivity index (χ0v) is 16.1. The Labute approximate surface area is 163 Å². The van der Waals surface area contributed by atoms with Gasteiger partial charge in [0.25, 0.3) is 0 Å². The molecular weight excluding hydrogens is 378 g/mol. The number of amides is 3. The molecule has 0 heterocycles. The summed E-state index contributed by atoms with van der Waals surface area (Å²) in [5.74, 6) is -3.51. The highest BCUT2D eigenvalue weighted by Gasteiger charge is 2.31. The minimum absolute atomic E-state index is 0.0669. The molecule has 0 aromatic carbocycles. The number of carbonyl (C=O) groups excluding carboxylic acids is 3. The molecule has 0 aromatic rings. The molecule has 0 aliphatic heterocycles. The monoisotopic (exact) mass is 407 g/mol. The third-order valence-electron chi connectivity index (χ3n) is 3.64. The van der Waals surface area contributed by atoms with Gasteiger partial charge in [-0.1, -0.05) is 0 Å². The second-order valence-electron chi connectivity index (χ2n) is 5.92. The van der Waals surface area contributed by atoms with Crippen LogP contribution in [-0.4, -0.2) is 77.0 Å². The fourth-order valence-corrected chi connectivity index (χ4v) is 2.38. The van der Waals surface area contributed by atoms with Crippen LogP contribution >= 0.6 is 12.6 Å². The number of nitrogens with one attached hydrogen (secondary N) is 3. The Morgan fingerprint density at radius 2 is 1.63 bits per heavy atom. The van der Waals surface area contributed by atoms with Crippen LogP contribution in [0.2, 0.25) is 0 Å². The second-order valence-corrected chi connectivity index (χ2v) is 6.28. The van der Waals surface area contributed by atoms with E-state index in [4.69, 9.17) is 11.5 Å². The smallest absolute Gasteiger partial charge is 0.326 e. The average Bonchev–Trinajstić information content (AvgIpc) is 2.62. The summed E-state index contributed by atoms with van der Waals surface area (Å²) in [6, 6.07) is -3.66. The number of thiol groups is 1. The third kappa shape index (κ3) is 9.56. The van der Waals surface area contributed by atoms with E-state index in [0.717, 1.165) is 0 Å². The first kappa shape index (κ1) is 25.1. The van der Waals surface area contributed by atoms with Gasteiger partial charge in [-0.15, -0.1) is 0 Å². The van der Waals surface area contributed by atoms with E-state index >= 15 is 0 Å². The maximum atomic E-state index is 12.4. The lowest BCUT2D eigenvalue weighted by Gasteiger charge is -2.25. The van der Waals surface area contributed by atoms with E-state index in [9.17, 15) is 29.4 Å². The van der Waals surface area contributed by atoms with E-state index < -0.39 is 47.9 Å². The van der Waals surface area contributed by atoms with E-state index in [-0.39, 0.29) is 18.7 Å². The summed E-state index contributed by atoms with van der Waals surface area (Å²) in [7, 11) is 0. The Kier molecular flexibility index (Phi) is 12.4. The molecule has 0 rings (SSSR count). The Hall–Kier alpha value is -1.89. The standard InChI is InChI=1S/C15H29N5O6S/c1-8(21)12(20-13(23)10(7-27)18-11(22)6-17)14(24)19-9(15(25)26)4-2-3-5-16/h8-10,12,21,27H,2-7,16-17H2,1H3,(H,18,22)(H,19,24)(H,20,23)(H,25,26). The van der Waals surface area contributed by atoms with Gasteiger partial charge in [-0.3, -0.25) is 14.4 Å². The van der Waals surface area contributed by atoms with Crippen molar-refractivity contribution < 1.29 is 29.4 Å². The molecule has 0 fully saturated rings. The number of aliphatic hydroxyl groups excluding tert-OH is 1. The van der Waals surface area contributed by atoms with Crippen LogP contribution in [-0.2, 0) is 19.2 Å².